The number of hydrogen-bond acceptors (Lipinski definition) is 6. The Balaban J connectivity index is 1.34. The third-order valence-electron chi connectivity index (χ3n) is 5.78. The molecule has 7 nitrogen and oxygen atoms in total. The maximum absolute atomic E-state index is 14.6. The zero-order chi connectivity index (χ0) is 22.9. The molecule has 0 radical (unpaired) electrons. The van der Waals surface area contributed by atoms with E-state index in [2.05, 4.69) is 25.2 Å². The monoisotopic (exact) mass is 465 g/mol. The number of benzene rings is 2. The minimum atomic E-state index is -0.495. The Labute approximate surface area is 194 Å². The zero-order valence-corrected chi connectivity index (χ0v) is 18.6. The molecule has 33 heavy (non-hydrogen) atoms. The smallest absolute Gasteiger partial charge is 0.189 e. The molecule has 1 aliphatic rings. The van der Waals surface area contributed by atoms with Gasteiger partial charge in [-0.05, 0) is 24.3 Å². The van der Waals surface area contributed by atoms with Gasteiger partial charge in [0.05, 0.1) is 12.8 Å². The summed E-state index contributed by atoms with van der Waals surface area (Å²) < 4.78 is 19.7. The van der Waals surface area contributed by atoms with E-state index in [1.807, 2.05) is 24.3 Å². The van der Waals surface area contributed by atoms with Gasteiger partial charge in [-0.1, -0.05) is 23.7 Å². The predicted molar refractivity (Wildman–Crippen MR) is 125 cm³/mol. The van der Waals surface area contributed by atoms with Crippen molar-refractivity contribution in [3.8, 4) is 5.75 Å². The molecule has 0 saturated heterocycles. The molecule has 4 aromatic rings. The maximum Gasteiger partial charge on any atom is 0.189 e. The van der Waals surface area contributed by atoms with Crippen molar-refractivity contribution >= 4 is 28.3 Å². The molecule has 0 spiro atoms. The summed E-state index contributed by atoms with van der Waals surface area (Å²) in [6.45, 7) is 1.94. The number of pyridine rings is 1. The van der Waals surface area contributed by atoms with E-state index in [-0.39, 0.29) is 17.7 Å². The predicted octanol–water partition coefficient (Wildman–Crippen LogP) is 4.25. The van der Waals surface area contributed by atoms with Gasteiger partial charge in [-0.2, -0.15) is 0 Å². The molecule has 2 aromatic heterocycles. The SMILES string of the molecule is COc1ccc(Cl)c(CNc2ncnc3c2CN(Cc2cc(=O)c4ccccc4[nH]2)C3)c1F. The third kappa shape index (κ3) is 4.15. The van der Waals surface area contributed by atoms with Gasteiger partial charge in [0.2, 0.25) is 0 Å². The Morgan fingerprint density at radius 2 is 2.06 bits per heavy atom. The van der Waals surface area contributed by atoms with E-state index in [1.54, 1.807) is 12.1 Å². The summed E-state index contributed by atoms with van der Waals surface area (Å²) in [7, 11) is 1.41. The molecule has 0 unspecified atom stereocenters. The average molecular weight is 466 g/mol. The van der Waals surface area contributed by atoms with Crippen LogP contribution in [0.25, 0.3) is 10.9 Å². The second kappa shape index (κ2) is 8.80. The number of methoxy groups -OCH3 is 1. The number of aromatic amines is 1. The molecule has 2 aromatic carbocycles. The van der Waals surface area contributed by atoms with Crippen LogP contribution in [-0.2, 0) is 26.2 Å². The zero-order valence-electron chi connectivity index (χ0n) is 17.9. The fraction of sp³-hybridized carbons (Fsp3) is 0.208. The van der Waals surface area contributed by atoms with Gasteiger partial charge < -0.3 is 15.0 Å². The quantitative estimate of drug-likeness (QED) is 0.443. The molecule has 1 aliphatic heterocycles. The lowest BCUT2D eigenvalue weighted by molar-refractivity contribution is 0.271. The van der Waals surface area contributed by atoms with Crippen molar-refractivity contribution in [2.45, 2.75) is 26.2 Å². The first-order valence-electron chi connectivity index (χ1n) is 10.4. The van der Waals surface area contributed by atoms with Crippen molar-refractivity contribution < 1.29 is 9.13 Å². The molecule has 0 bridgehead atoms. The lowest BCUT2D eigenvalue weighted by Crippen LogP contribution is -2.18. The normalized spacial score (nSPS) is 13.3. The fourth-order valence-electron chi connectivity index (χ4n) is 4.15. The molecule has 0 saturated carbocycles. The van der Waals surface area contributed by atoms with Gasteiger partial charge in [-0.3, -0.25) is 9.69 Å². The van der Waals surface area contributed by atoms with Gasteiger partial charge >= 0.3 is 0 Å². The number of aromatic nitrogens is 3. The maximum atomic E-state index is 14.6. The number of halogens is 2. The summed E-state index contributed by atoms with van der Waals surface area (Å²) in [4.78, 5) is 26.7. The van der Waals surface area contributed by atoms with Crippen LogP contribution in [0.3, 0.4) is 0 Å². The molecular formula is C24H21ClFN5O2. The molecule has 0 fully saturated rings. The number of nitrogens with one attached hydrogen (secondary N) is 2. The van der Waals surface area contributed by atoms with Crippen molar-refractivity contribution in [1.82, 2.24) is 19.9 Å². The molecule has 168 valence electrons. The van der Waals surface area contributed by atoms with Crippen LogP contribution >= 0.6 is 11.6 Å². The first-order valence-corrected chi connectivity index (χ1v) is 10.8. The van der Waals surface area contributed by atoms with Crippen molar-refractivity contribution in [2.24, 2.45) is 0 Å². The highest BCUT2D eigenvalue weighted by Gasteiger charge is 2.25. The molecule has 9 heteroatoms. The van der Waals surface area contributed by atoms with Gasteiger partial charge in [-0.15, -0.1) is 0 Å². The minimum absolute atomic E-state index is 0.00426. The van der Waals surface area contributed by atoms with Crippen LogP contribution in [0.15, 0.2) is 53.6 Å². The second-order valence-corrected chi connectivity index (χ2v) is 8.30. The second-order valence-electron chi connectivity index (χ2n) is 7.89. The average Bonchev–Trinajstić information content (AvgIpc) is 3.22. The minimum Gasteiger partial charge on any atom is -0.494 e. The molecule has 0 amide bonds. The third-order valence-corrected chi connectivity index (χ3v) is 6.13. The standard InChI is InChI=1S/C24H21ClFN5O2/c1-33-22-7-6-18(25)16(23(22)26)9-27-24-17-11-31(12-20(17)28-13-29-24)10-14-8-21(32)15-4-2-3-5-19(15)30-14/h2-8,13H,9-12H2,1H3,(H,30,32)(H,27,28,29). The van der Waals surface area contributed by atoms with E-state index in [1.165, 1.54) is 19.5 Å². The summed E-state index contributed by atoms with van der Waals surface area (Å²) in [5, 5.41) is 4.18. The lowest BCUT2D eigenvalue weighted by atomic mass is 10.2. The van der Waals surface area contributed by atoms with E-state index in [9.17, 15) is 9.18 Å². The molecule has 2 N–H and O–H groups in total. The highest BCUT2D eigenvalue weighted by Crippen LogP contribution is 2.30. The van der Waals surface area contributed by atoms with Crippen LogP contribution in [0.2, 0.25) is 5.02 Å². The van der Waals surface area contributed by atoms with Crippen molar-refractivity contribution in [3.05, 3.63) is 92.4 Å². The molecule has 3 heterocycles. The Morgan fingerprint density at radius 1 is 1.21 bits per heavy atom. The van der Waals surface area contributed by atoms with Gasteiger partial charge in [0.15, 0.2) is 17.0 Å². The summed E-state index contributed by atoms with van der Waals surface area (Å²) in [6, 6.07) is 12.2. The van der Waals surface area contributed by atoms with Crippen LogP contribution < -0.4 is 15.5 Å². The topological polar surface area (TPSA) is 83.1 Å². The van der Waals surface area contributed by atoms with Crippen molar-refractivity contribution in [2.75, 3.05) is 12.4 Å². The van der Waals surface area contributed by atoms with Crippen LogP contribution in [0.1, 0.15) is 22.5 Å². The lowest BCUT2D eigenvalue weighted by Gasteiger charge is -2.15. The molecular weight excluding hydrogens is 445 g/mol. The van der Waals surface area contributed by atoms with Crippen molar-refractivity contribution in [1.29, 1.82) is 0 Å². The fourth-order valence-corrected chi connectivity index (χ4v) is 4.37. The first-order chi connectivity index (χ1) is 16.0. The van der Waals surface area contributed by atoms with Crippen LogP contribution in [0.4, 0.5) is 10.2 Å². The summed E-state index contributed by atoms with van der Waals surface area (Å²) in [5.74, 6) is 0.276. The number of ether oxygens (including phenoxy) is 1. The van der Waals surface area contributed by atoms with E-state index < -0.39 is 5.82 Å². The first kappa shape index (κ1) is 21.4. The largest absolute Gasteiger partial charge is 0.494 e. The van der Waals surface area contributed by atoms with Crippen molar-refractivity contribution in [3.63, 3.8) is 0 Å². The summed E-state index contributed by atoms with van der Waals surface area (Å²) in [5.41, 5.74) is 3.80. The van der Waals surface area contributed by atoms with Gasteiger partial charge in [0.25, 0.3) is 0 Å². The van der Waals surface area contributed by atoms with Crippen LogP contribution in [0.5, 0.6) is 5.75 Å². The number of fused-ring (bicyclic) bond motifs is 2. The van der Waals surface area contributed by atoms with E-state index >= 15 is 0 Å². The summed E-state index contributed by atoms with van der Waals surface area (Å²) in [6.07, 6.45) is 1.49. The van der Waals surface area contributed by atoms with E-state index in [4.69, 9.17) is 16.3 Å². The molecule has 0 atom stereocenters. The highest BCUT2D eigenvalue weighted by molar-refractivity contribution is 6.31. The number of hydrogen-bond donors (Lipinski definition) is 2. The Bertz CT molecular complexity index is 1410. The molecule has 5 rings (SSSR count). The number of rotatable bonds is 6. The number of anilines is 1. The Kier molecular flexibility index (Phi) is 5.70. The van der Waals surface area contributed by atoms with Gasteiger partial charge in [0, 0.05) is 65.0 Å². The number of H-pyrrole nitrogens is 1. The van der Waals surface area contributed by atoms with Gasteiger partial charge in [0.1, 0.15) is 12.1 Å². The van der Waals surface area contributed by atoms with E-state index in [0.29, 0.717) is 41.4 Å². The Hall–Kier alpha value is -3.49. The molecule has 0 aliphatic carbocycles. The number of para-hydroxylation sites is 1. The van der Waals surface area contributed by atoms with Crippen LogP contribution in [-0.4, -0.2) is 27.0 Å². The number of nitrogens with zero attached hydrogens (tertiary/aromatic N) is 3. The Morgan fingerprint density at radius 3 is 2.91 bits per heavy atom. The van der Waals surface area contributed by atoms with Gasteiger partial charge in [-0.25, -0.2) is 14.4 Å². The summed E-state index contributed by atoms with van der Waals surface area (Å²) >= 11 is 6.20. The van der Waals surface area contributed by atoms with E-state index in [0.717, 1.165) is 22.5 Å². The highest BCUT2D eigenvalue weighted by atomic mass is 35.5. The van der Waals surface area contributed by atoms with Crippen LogP contribution in [0, 0.1) is 5.82 Å².